The Labute approximate surface area is 209 Å². The number of rotatable bonds is 7. The van der Waals surface area contributed by atoms with Crippen LogP contribution in [0.5, 0.6) is 0 Å². The first-order valence-electron chi connectivity index (χ1n) is 12.1. The van der Waals surface area contributed by atoms with Gasteiger partial charge >= 0.3 is 0 Å². The third kappa shape index (κ3) is 5.56. The molecule has 1 fully saturated rings. The number of thioether (sulfide) groups is 1. The van der Waals surface area contributed by atoms with Crippen LogP contribution in [0.3, 0.4) is 0 Å². The predicted octanol–water partition coefficient (Wildman–Crippen LogP) is 6.22. The van der Waals surface area contributed by atoms with Crippen molar-refractivity contribution in [2.45, 2.75) is 56.1 Å². The number of pyridine rings is 1. The van der Waals surface area contributed by atoms with Crippen LogP contribution in [0.1, 0.15) is 54.1 Å². The molecule has 0 saturated heterocycles. The zero-order chi connectivity index (χ0) is 24.2. The lowest BCUT2D eigenvalue weighted by Crippen LogP contribution is -2.41. The molecule has 35 heavy (non-hydrogen) atoms. The van der Waals surface area contributed by atoms with Crippen molar-refractivity contribution >= 4 is 28.7 Å². The molecule has 0 bridgehead atoms. The molecule has 4 aromatic rings. The Morgan fingerprint density at radius 2 is 1.80 bits per heavy atom. The van der Waals surface area contributed by atoms with E-state index in [0.29, 0.717) is 18.0 Å². The minimum Gasteiger partial charge on any atom is -0.349 e. The van der Waals surface area contributed by atoms with Crippen LogP contribution in [0, 0.1) is 11.7 Å². The highest BCUT2D eigenvalue weighted by Crippen LogP contribution is 2.28. The molecule has 1 aliphatic carbocycles. The smallest absolute Gasteiger partial charge is 0.251 e. The van der Waals surface area contributed by atoms with Crippen molar-refractivity contribution in [2.75, 3.05) is 0 Å². The summed E-state index contributed by atoms with van der Waals surface area (Å²) >= 11 is 1.64. The second kappa shape index (κ2) is 10.6. The summed E-state index contributed by atoms with van der Waals surface area (Å²) in [7, 11) is 0. The highest BCUT2D eigenvalue weighted by molar-refractivity contribution is 7.98. The summed E-state index contributed by atoms with van der Waals surface area (Å²) in [6, 6.07) is 16.6. The molecule has 1 N–H and O–H groups in total. The van der Waals surface area contributed by atoms with E-state index in [0.717, 1.165) is 39.5 Å². The Morgan fingerprint density at radius 1 is 1.06 bits per heavy atom. The van der Waals surface area contributed by atoms with Crippen molar-refractivity contribution in [3.05, 3.63) is 89.5 Å². The van der Waals surface area contributed by atoms with Crippen LogP contribution in [0.25, 0.3) is 11.0 Å². The number of halogens is 1. The Bertz CT molecular complexity index is 1300. The SMILES string of the molecule is C[C@@H]1CCCC[C@H]1NC(=O)c1ccc(CSc2nc3ccncc3n2Cc2ccc(F)cc2)cc1. The van der Waals surface area contributed by atoms with Gasteiger partial charge in [0.2, 0.25) is 0 Å². The lowest BCUT2D eigenvalue weighted by atomic mass is 9.86. The van der Waals surface area contributed by atoms with Crippen molar-refractivity contribution in [3.8, 4) is 0 Å². The number of hydrogen-bond donors (Lipinski definition) is 1. The standard InChI is InChI=1S/C28H29FN4OS/c1-19-4-2-3-5-24(19)31-27(34)22-10-6-21(7-11-22)18-35-28-32-25-14-15-30-16-26(25)33(28)17-20-8-12-23(29)13-9-20/h6-16,19,24H,2-5,17-18H2,1H3,(H,31,34)/t19-,24-/m1/s1. The summed E-state index contributed by atoms with van der Waals surface area (Å²) in [5.41, 5.74) is 4.65. The minimum atomic E-state index is -0.245. The number of amides is 1. The largest absolute Gasteiger partial charge is 0.349 e. The molecule has 0 spiro atoms. The number of hydrogen-bond acceptors (Lipinski definition) is 4. The van der Waals surface area contributed by atoms with Gasteiger partial charge in [-0.05, 0) is 60.2 Å². The number of nitrogens with one attached hydrogen (secondary N) is 1. The topological polar surface area (TPSA) is 59.8 Å². The van der Waals surface area contributed by atoms with Crippen LogP contribution < -0.4 is 5.32 Å². The number of imidazole rings is 1. The second-order valence-electron chi connectivity index (χ2n) is 9.30. The zero-order valence-corrected chi connectivity index (χ0v) is 20.6. The van der Waals surface area contributed by atoms with Crippen LogP contribution in [-0.4, -0.2) is 26.5 Å². The van der Waals surface area contributed by atoms with Crippen molar-refractivity contribution in [3.63, 3.8) is 0 Å². The molecule has 7 heteroatoms. The molecule has 2 heterocycles. The van der Waals surface area contributed by atoms with Crippen LogP contribution in [0.15, 0.2) is 72.1 Å². The third-order valence-electron chi connectivity index (χ3n) is 6.78. The van der Waals surface area contributed by atoms with E-state index in [4.69, 9.17) is 4.98 Å². The van der Waals surface area contributed by atoms with Gasteiger partial charge in [-0.3, -0.25) is 9.78 Å². The van der Waals surface area contributed by atoms with E-state index in [1.54, 1.807) is 30.1 Å². The highest BCUT2D eigenvalue weighted by Gasteiger charge is 2.23. The van der Waals surface area contributed by atoms with Crippen molar-refractivity contribution < 1.29 is 9.18 Å². The molecule has 1 aliphatic rings. The maximum absolute atomic E-state index is 13.4. The first-order valence-corrected chi connectivity index (χ1v) is 13.1. The highest BCUT2D eigenvalue weighted by atomic mass is 32.2. The fraction of sp³-hybridized carbons (Fsp3) is 0.321. The molecule has 1 amide bonds. The number of carbonyl (C=O) groups is 1. The Hall–Kier alpha value is -3.19. The second-order valence-corrected chi connectivity index (χ2v) is 10.2. The van der Waals surface area contributed by atoms with E-state index < -0.39 is 0 Å². The van der Waals surface area contributed by atoms with Gasteiger partial charge < -0.3 is 9.88 Å². The van der Waals surface area contributed by atoms with Gasteiger partial charge in [-0.1, -0.05) is 55.8 Å². The minimum absolute atomic E-state index is 0.0107. The number of benzene rings is 2. The van der Waals surface area contributed by atoms with E-state index in [9.17, 15) is 9.18 Å². The van der Waals surface area contributed by atoms with Crippen LogP contribution in [0.4, 0.5) is 4.39 Å². The Morgan fingerprint density at radius 3 is 2.57 bits per heavy atom. The molecule has 0 radical (unpaired) electrons. The van der Waals surface area contributed by atoms with Crippen molar-refractivity contribution in [1.82, 2.24) is 19.9 Å². The summed E-state index contributed by atoms with van der Waals surface area (Å²) in [6.07, 6.45) is 8.25. The van der Waals surface area contributed by atoms with E-state index in [-0.39, 0.29) is 17.8 Å². The monoisotopic (exact) mass is 488 g/mol. The molecule has 5 nitrogen and oxygen atoms in total. The van der Waals surface area contributed by atoms with Gasteiger partial charge in [0.25, 0.3) is 5.91 Å². The number of nitrogens with zero attached hydrogens (tertiary/aromatic N) is 3. The number of carbonyl (C=O) groups excluding carboxylic acids is 1. The average molecular weight is 489 g/mol. The van der Waals surface area contributed by atoms with E-state index in [1.807, 2.05) is 36.5 Å². The first-order chi connectivity index (χ1) is 17.1. The van der Waals surface area contributed by atoms with Crippen LogP contribution in [-0.2, 0) is 12.3 Å². The molecular formula is C28H29FN4OS. The number of aromatic nitrogens is 3. The molecular weight excluding hydrogens is 459 g/mol. The van der Waals surface area contributed by atoms with Gasteiger partial charge in [0, 0.05) is 23.6 Å². The summed E-state index contributed by atoms with van der Waals surface area (Å²) in [5, 5.41) is 4.10. The zero-order valence-electron chi connectivity index (χ0n) is 19.8. The fourth-order valence-electron chi connectivity index (χ4n) is 4.67. The van der Waals surface area contributed by atoms with Gasteiger partial charge in [-0.25, -0.2) is 9.37 Å². The predicted molar refractivity (Wildman–Crippen MR) is 138 cm³/mol. The molecule has 2 aromatic carbocycles. The number of fused-ring (bicyclic) bond motifs is 1. The Kier molecular flexibility index (Phi) is 7.13. The van der Waals surface area contributed by atoms with Crippen LogP contribution in [0.2, 0.25) is 0 Å². The van der Waals surface area contributed by atoms with Gasteiger partial charge in [-0.2, -0.15) is 0 Å². The summed E-state index contributed by atoms with van der Waals surface area (Å²) < 4.78 is 15.5. The lowest BCUT2D eigenvalue weighted by Gasteiger charge is -2.29. The lowest BCUT2D eigenvalue weighted by molar-refractivity contribution is 0.0910. The van der Waals surface area contributed by atoms with E-state index >= 15 is 0 Å². The molecule has 180 valence electrons. The van der Waals surface area contributed by atoms with Gasteiger partial charge in [0.15, 0.2) is 5.16 Å². The maximum Gasteiger partial charge on any atom is 0.251 e. The normalized spacial score (nSPS) is 18.0. The maximum atomic E-state index is 13.4. The molecule has 1 saturated carbocycles. The van der Waals surface area contributed by atoms with Crippen molar-refractivity contribution in [1.29, 1.82) is 0 Å². The first kappa shape index (κ1) is 23.5. The van der Waals surface area contributed by atoms with Gasteiger partial charge in [0.05, 0.1) is 23.8 Å². The summed E-state index contributed by atoms with van der Waals surface area (Å²) in [5.74, 6) is 1.03. The molecule has 5 rings (SSSR count). The van der Waals surface area contributed by atoms with Crippen LogP contribution >= 0.6 is 11.8 Å². The summed E-state index contributed by atoms with van der Waals surface area (Å²) in [6.45, 7) is 2.81. The molecule has 0 aliphatic heterocycles. The third-order valence-corrected chi connectivity index (χ3v) is 7.83. The van der Waals surface area contributed by atoms with Gasteiger partial charge in [0.1, 0.15) is 5.82 Å². The van der Waals surface area contributed by atoms with Gasteiger partial charge in [-0.15, -0.1) is 0 Å². The van der Waals surface area contributed by atoms with Crippen molar-refractivity contribution in [2.24, 2.45) is 5.92 Å². The molecule has 2 atom stereocenters. The van der Waals surface area contributed by atoms with E-state index in [1.165, 1.54) is 31.4 Å². The summed E-state index contributed by atoms with van der Waals surface area (Å²) in [4.78, 5) is 21.8. The fourth-order valence-corrected chi connectivity index (χ4v) is 5.64. The molecule has 2 aromatic heterocycles. The molecule has 0 unspecified atom stereocenters. The van der Waals surface area contributed by atoms with E-state index in [2.05, 4.69) is 21.8 Å². The quantitative estimate of drug-likeness (QED) is 0.314. The average Bonchev–Trinajstić information content (AvgIpc) is 3.23. The Balaban J connectivity index is 1.27.